The Morgan fingerprint density at radius 2 is 1.78 bits per heavy atom. The van der Waals surface area contributed by atoms with Gasteiger partial charge >= 0.3 is 5.97 Å². The average Bonchev–Trinajstić information content (AvgIpc) is 3.01. The molecule has 0 saturated carbocycles. The second-order valence-electron chi connectivity index (χ2n) is 3.25. The molecular formula is C12H8O4S2. The third-order valence-electron chi connectivity index (χ3n) is 2.20. The highest BCUT2D eigenvalue weighted by molar-refractivity contribution is 7.08. The van der Waals surface area contributed by atoms with Gasteiger partial charge in [0.1, 0.15) is 5.57 Å². The number of carbonyl (C=O) groups is 2. The summed E-state index contributed by atoms with van der Waals surface area (Å²) in [7, 11) is 0. The van der Waals surface area contributed by atoms with E-state index in [9.17, 15) is 14.7 Å². The number of ether oxygens (including phenoxy) is 1. The third kappa shape index (κ3) is 2.49. The van der Waals surface area contributed by atoms with Crippen molar-refractivity contribution < 1.29 is 19.4 Å². The largest absolute Gasteiger partial charge is 0.478 e. The topological polar surface area (TPSA) is 63.6 Å². The van der Waals surface area contributed by atoms with Crippen LogP contribution in [0, 0.1) is 0 Å². The van der Waals surface area contributed by atoms with Crippen LogP contribution >= 0.6 is 22.7 Å². The van der Waals surface area contributed by atoms with Crippen molar-refractivity contribution in [3.05, 3.63) is 44.8 Å². The van der Waals surface area contributed by atoms with Gasteiger partial charge in [0.05, 0.1) is 0 Å². The molecule has 2 aromatic rings. The molecule has 0 amide bonds. The minimum Gasteiger partial charge on any atom is -0.478 e. The minimum atomic E-state index is -1.13. The number of thiophene rings is 2. The zero-order valence-corrected chi connectivity index (χ0v) is 10.7. The number of hydrogen-bond acceptors (Lipinski definition) is 5. The highest BCUT2D eigenvalue weighted by Gasteiger charge is 2.20. The average molecular weight is 280 g/mol. The van der Waals surface area contributed by atoms with Crippen LogP contribution in [0.4, 0.5) is 0 Å². The van der Waals surface area contributed by atoms with Gasteiger partial charge in [-0.15, -0.1) is 0 Å². The van der Waals surface area contributed by atoms with Crippen molar-refractivity contribution in [1.29, 1.82) is 0 Å². The van der Waals surface area contributed by atoms with Gasteiger partial charge in [-0.2, -0.15) is 22.7 Å². The molecule has 0 atom stereocenters. The highest BCUT2D eigenvalue weighted by Crippen LogP contribution is 2.29. The van der Waals surface area contributed by atoms with E-state index in [1.807, 2.05) is 0 Å². The lowest BCUT2D eigenvalue weighted by atomic mass is 10.1. The molecule has 1 N–H and O–H groups in total. The van der Waals surface area contributed by atoms with Gasteiger partial charge in [0.15, 0.2) is 5.76 Å². The van der Waals surface area contributed by atoms with Gasteiger partial charge in [-0.25, -0.2) is 4.79 Å². The molecule has 0 fully saturated rings. The smallest absolute Gasteiger partial charge is 0.340 e. The lowest BCUT2D eigenvalue weighted by molar-refractivity contribution is -0.130. The predicted molar refractivity (Wildman–Crippen MR) is 70.2 cm³/mol. The molecule has 2 aromatic heterocycles. The molecule has 0 bridgehead atoms. The number of aliphatic carboxylic acids is 1. The fourth-order valence-electron chi connectivity index (χ4n) is 1.47. The van der Waals surface area contributed by atoms with Crippen LogP contribution in [0.25, 0.3) is 11.3 Å². The molecule has 6 heteroatoms. The summed E-state index contributed by atoms with van der Waals surface area (Å²) in [6.07, 6.45) is 0. The Morgan fingerprint density at radius 1 is 1.17 bits per heavy atom. The van der Waals surface area contributed by atoms with E-state index in [0.717, 1.165) is 0 Å². The molecule has 0 spiro atoms. The fourth-order valence-corrected chi connectivity index (χ4v) is 2.75. The SMILES string of the molecule is O=CO/C(=C(/C(=O)O)c1ccsc1)c1ccsc1. The van der Waals surface area contributed by atoms with E-state index in [1.165, 1.54) is 22.7 Å². The molecule has 0 aliphatic rings. The number of hydrogen-bond donors (Lipinski definition) is 1. The van der Waals surface area contributed by atoms with E-state index in [0.29, 0.717) is 11.1 Å². The number of carbonyl (C=O) groups excluding carboxylic acids is 1. The molecule has 4 nitrogen and oxygen atoms in total. The summed E-state index contributed by atoms with van der Waals surface area (Å²) in [6, 6.07) is 3.38. The van der Waals surface area contributed by atoms with Crippen molar-refractivity contribution in [2.75, 3.05) is 0 Å². The standard InChI is InChI=1S/C12H8O4S2/c13-7-16-11(9-2-4-18-6-9)10(12(14)15)8-1-3-17-5-8/h1-7H,(H,14,15)/b11-10+. The Hall–Kier alpha value is -1.92. The lowest BCUT2D eigenvalue weighted by Crippen LogP contribution is -2.04. The maximum atomic E-state index is 11.4. The summed E-state index contributed by atoms with van der Waals surface area (Å²) >= 11 is 2.78. The second kappa shape index (κ2) is 5.61. The minimum absolute atomic E-state index is 0.0123. The summed E-state index contributed by atoms with van der Waals surface area (Å²) in [5.41, 5.74) is 1.09. The van der Waals surface area contributed by atoms with Crippen LogP contribution in [-0.4, -0.2) is 17.5 Å². The first-order valence-corrected chi connectivity index (χ1v) is 6.75. The van der Waals surface area contributed by atoms with Crippen molar-refractivity contribution in [2.24, 2.45) is 0 Å². The van der Waals surface area contributed by atoms with Crippen molar-refractivity contribution in [3.8, 4) is 0 Å². The third-order valence-corrected chi connectivity index (χ3v) is 3.57. The van der Waals surface area contributed by atoms with Crippen molar-refractivity contribution in [2.45, 2.75) is 0 Å². The zero-order chi connectivity index (χ0) is 13.0. The lowest BCUT2D eigenvalue weighted by Gasteiger charge is -2.07. The van der Waals surface area contributed by atoms with Crippen molar-refractivity contribution in [3.63, 3.8) is 0 Å². The van der Waals surface area contributed by atoms with Crippen LogP contribution in [0.5, 0.6) is 0 Å². The number of carboxylic acids is 1. The van der Waals surface area contributed by atoms with Gasteiger partial charge in [0, 0.05) is 16.5 Å². The summed E-state index contributed by atoms with van der Waals surface area (Å²) in [5.74, 6) is -1.06. The zero-order valence-electron chi connectivity index (χ0n) is 9.03. The van der Waals surface area contributed by atoms with Gasteiger partial charge < -0.3 is 9.84 Å². The number of rotatable bonds is 5. The molecular weight excluding hydrogens is 272 g/mol. The van der Waals surface area contributed by atoms with Gasteiger partial charge in [0.2, 0.25) is 0 Å². The molecule has 18 heavy (non-hydrogen) atoms. The van der Waals surface area contributed by atoms with Crippen LogP contribution in [-0.2, 0) is 14.3 Å². The van der Waals surface area contributed by atoms with Gasteiger partial charge in [-0.3, -0.25) is 4.79 Å². The van der Waals surface area contributed by atoms with Crippen LogP contribution < -0.4 is 0 Å². The molecule has 0 aliphatic carbocycles. The predicted octanol–water partition coefficient (Wildman–Crippen LogP) is 2.94. The molecule has 92 valence electrons. The first-order valence-electron chi connectivity index (χ1n) is 4.87. The molecule has 0 aliphatic heterocycles. The Kier molecular flexibility index (Phi) is 3.91. The van der Waals surface area contributed by atoms with E-state index >= 15 is 0 Å². The molecule has 0 radical (unpaired) electrons. The Morgan fingerprint density at radius 3 is 2.22 bits per heavy atom. The molecule has 2 heterocycles. The van der Waals surface area contributed by atoms with Crippen LogP contribution in [0.3, 0.4) is 0 Å². The van der Waals surface area contributed by atoms with E-state index in [2.05, 4.69) is 0 Å². The Bertz CT molecular complexity index is 567. The van der Waals surface area contributed by atoms with Gasteiger partial charge in [0.25, 0.3) is 6.47 Å². The maximum Gasteiger partial charge on any atom is 0.340 e. The van der Waals surface area contributed by atoms with Crippen LogP contribution in [0.15, 0.2) is 33.7 Å². The summed E-state index contributed by atoms with van der Waals surface area (Å²) in [5, 5.41) is 16.3. The molecule has 0 aromatic carbocycles. The quantitative estimate of drug-likeness (QED) is 0.519. The normalized spacial score (nSPS) is 11.8. The first-order chi connectivity index (χ1) is 8.74. The Labute approximate surface area is 111 Å². The first kappa shape index (κ1) is 12.5. The van der Waals surface area contributed by atoms with Crippen LogP contribution in [0.1, 0.15) is 11.1 Å². The van der Waals surface area contributed by atoms with Crippen LogP contribution in [0.2, 0.25) is 0 Å². The summed E-state index contributed by atoms with van der Waals surface area (Å²) in [6.45, 7) is 0.238. The Balaban J connectivity index is 2.62. The summed E-state index contributed by atoms with van der Waals surface area (Å²) < 4.78 is 4.86. The highest BCUT2D eigenvalue weighted by atomic mass is 32.1. The number of carboxylic acid groups (broad SMARTS) is 1. The summed E-state index contributed by atoms with van der Waals surface area (Å²) in [4.78, 5) is 21.9. The fraction of sp³-hybridized carbons (Fsp3) is 0. The van der Waals surface area contributed by atoms with Crippen molar-refractivity contribution in [1.82, 2.24) is 0 Å². The van der Waals surface area contributed by atoms with E-state index in [4.69, 9.17) is 4.74 Å². The maximum absolute atomic E-state index is 11.4. The van der Waals surface area contributed by atoms with Gasteiger partial charge in [-0.05, 0) is 28.3 Å². The molecule has 0 unspecified atom stereocenters. The van der Waals surface area contributed by atoms with E-state index in [1.54, 1.807) is 33.7 Å². The second-order valence-corrected chi connectivity index (χ2v) is 4.81. The van der Waals surface area contributed by atoms with Gasteiger partial charge in [-0.1, -0.05) is 0 Å². The monoisotopic (exact) mass is 280 g/mol. The molecule has 0 saturated heterocycles. The van der Waals surface area contributed by atoms with E-state index < -0.39 is 5.97 Å². The van der Waals surface area contributed by atoms with E-state index in [-0.39, 0.29) is 17.8 Å². The van der Waals surface area contributed by atoms with Crippen molar-refractivity contribution >= 4 is 46.4 Å². The molecule has 2 rings (SSSR count).